The maximum Gasteiger partial charge on any atom is 0.315 e. The Hall–Kier alpha value is -0.670. The lowest BCUT2D eigenvalue weighted by molar-refractivity contribution is -0.133. The molecule has 82 valence electrons. The third-order valence-corrected chi connectivity index (χ3v) is 3.23. The Morgan fingerprint density at radius 1 is 1.36 bits per heavy atom. The molecule has 4 heteroatoms. The molecule has 1 aliphatic carbocycles. The van der Waals surface area contributed by atoms with E-state index >= 15 is 0 Å². The molecule has 0 aromatic carbocycles. The van der Waals surface area contributed by atoms with Crippen molar-refractivity contribution < 1.29 is 13.6 Å². The van der Waals surface area contributed by atoms with Gasteiger partial charge in [-0.3, -0.25) is 4.79 Å². The standard InChI is InChI=1S/C10H17F2NO/c1-6-4-3-5-8(7(6)2)13-10(14)9(11)12/h6-9H,3-5H2,1-2H3,(H,13,14). The van der Waals surface area contributed by atoms with Crippen molar-refractivity contribution in [1.29, 1.82) is 0 Å². The molecule has 0 heterocycles. The summed E-state index contributed by atoms with van der Waals surface area (Å²) in [6.07, 6.45) is 0.0747. The summed E-state index contributed by atoms with van der Waals surface area (Å²) in [5.41, 5.74) is 0. The zero-order valence-electron chi connectivity index (χ0n) is 8.59. The van der Waals surface area contributed by atoms with Crippen LogP contribution in [0.4, 0.5) is 8.78 Å². The van der Waals surface area contributed by atoms with Gasteiger partial charge in [-0.1, -0.05) is 26.7 Å². The highest BCUT2D eigenvalue weighted by Gasteiger charge is 2.29. The van der Waals surface area contributed by atoms with Gasteiger partial charge in [-0.2, -0.15) is 8.78 Å². The SMILES string of the molecule is CC1CCCC(NC(=O)C(F)F)C1C. The minimum absolute atomic E-state index is 0.0692. The lowest BCUT2D eigenvalue weighted by Crippen LogP contribution is -2.45. The molecule has 1 fully saturated rings. The number of carbonyl (C=O) groups excluding carboxylic acids is 1. The number of nitrogens with one attached hydrogen (secondary N) is 1. The van der Waals surface area contributed by atoms with Crippen LogP contribution in [0.2, 0.25) is 0 Å². The van der Waals surface area contributed by atoms with Crippen LogP contribution in [0.5, 0.6) is 0 Å². The summed E-state index contributed by atoms with van der Waals surface area (Å²) in [4.78, 5) is 10.8. The van der Waals surface area contributed by atoms with Crippen molar-refractivity contribution in [3.63, 3.8) is 0 Å². The molecule has 0 saturated heterocycles. The predicted octanol–water partition coefficient (Wildman–Crippen LogP) is 2.19. The van der Waals surface area contributed by atoms with Gasteiger partial charge < -0.3 is 5.32 Å². The second-order valence-corrected chi connectivity index (χ2v) is 4.18. The molecule has 0 aliphatic heterocycles. The monoisotopic (exact) mass is 205 g/mol. The summed E-state index contributed by atoms with van der Waals surface area (Å²) in [5.74, 6) is -0.325. The van der Waals surface area contributed by atoms with E-state index in [0.29, 0.717) is 11.8 Å². The number of hydrogen-bond acceptors (Lipinski definition) is 1. The van der Waals surface area contributed by atoms with Gasteiger partial charge in [0.25, 0.3) is 5.91 Å². The van der Waals surface area contributed by atoms with Crippen molar-refractivity contribution in [3.05, 3.63) is 0 Å². The lowest BCUT2D eigenvalue weighted by Gasteiger charge is -2.34. The quantitative estimate of drug-likeness (QED) is 0.735. The van der Waals surface area contributed by atoms with Gasteiger partial charge in [-0.15, -0.1) is 0 Å². The summed E-state index contributed by atoms with van der Waals surface area (Å²) in [5, 5.41) is 2.41. The van der Waals surface area contributed by atoms with Crippen LogP contribution in [-0.4, -0.2) is 18.4 Å². The highest BCUT2D eigenvalue weighted by Crippen LogP contribution is 2.29. The Morgan fingerprint density at radius 2 is 2.00 bits per heavy atom. The Balaban J connectivity index is 2.47. The number of halogens is 2. The predicted molar refractivity (Wildman–Crippen MR) is 50.1 cm³/mol. The zero-order chi connectivity index (χ0) is 10.7. The first-order valence-electron chi connectivity index (χ1n) is 5.11. The Bertz CT molecular complexity index is 208. The average Bonchev–Trinajstić information content (AvgIpc) is 2.12. The van der Waals surface area contributed by atoms with Gasteiger partial charge in [0, 0.05) is 6.04 Å². The van der Waals surface area contributed by atoms with Crippen molar-refractivity contribution in [2.75, 3.05) is 0 Å². The smallest absolute Gasteiger partial charge is 0.315 e. The van der Waals surface area contributed by atoms with Gasteiger partial charge in [0.05, 0.1) is 0 Å². The Labute approximate surface area is 83.1 Å². The molecule has 3 unspecified atom stereocenters. The van der Waals surface area contributed by atoms with E-state index in [4.69, 9.17) is 0 Å². The molecule has 1 rings (SSSR count). The molecule has 0 aromatic rings. The third kappa shape index (κ3) is 2.66. The largest absolute Gasteiger partial charge is 0.348 e. The maximum absolute atomic E-state index is 12.0. The lowest BCUT2D eigenvalue weighted by atomic mass is 9.78. The number of hydrogen-bond donors (Lipinski definition) is 1. The molecule has 1 N–H and O–H groups in total. The minimum atomic E-state index is -2.89. The van der Waals surface area contributed by atoms with Gasteiger partial charge >= 0.3 is 6.43 Å². The van der Waals surface area contributed by atoms with Crippen molar-refractivity contribution >= 4 is 5.91 Å². The molecule has 2 nitrogen and oxygen atoms in total. The molecule has 0 bridgehead atoms. The second-order valence-electron chi connectivity index (χ2n) is 4.18. The minimum Gasteiger partial charge on any atom is -0.348 e. The van der Waals surface area contributed by atoms with Gasteiger partial charge in [-0.25, -0.2) is 0 Å². The molecule has 14 heavy (non-hydrogen) atoms. The Morgan fingerprint density at radius 3 is 2.57 bits per heavy atom. The van der Waals surface area contributed by atoms with Crippen molar-refractivity contribution in [1.82, 2.24) is 5.32 Å². The molecule has 0 aromatic heterocycles. The topological polar surface area (TPSA) is 29.1 Å². The van der Waals surface area contributed by atoms with Gasteiger partial charge in [0.1, 0.15) is 0 Å². The summed E-state index contributed by atoms with van der Waals surface area (Å²) in [6, 6.07) is -0.0692. The summed E-state index contributed by atoms with van der Waals surface area (Å²) < 4.78 is 24.0. The molecule has 1 aliphatic rings. The fourth-order valence-electron chi connectivity index (χ4n) is 2.03. The molecular weight excluding hydrogens is 188 g/mol. The first kappa shape index (κ1) is 11.4. The second kappa shape index (κ2) is 4.71. The van der Waals surface area contributed by atoms with E-state index in [2.05, 4.69) is 12.2 Å². The van der Waals surface area contributed by atoms with Crippen LogP contribution in [0.25, 0.3) is 0 Å². The van der Waals surface area contributed by atoms with E-state index < -0.39 is 12.3 Å². The fourth-order valence-corrected chi connectivity index (χ4v) is 2.03. The molecule has 1 saturated carbocycles. The van der Waals surface area contributed by atoms with E-state index in [0.717, 1.165) is 19.3 Å². The van der Waals surface area contributed by atoms with E-state index in [1.165, 1.54) is 0 Å². The first-order chi connectivity index (χ1) is 6.52. The van der Waals surface area contributed by atoms with E-state index in [1.807, 2.05) is 6.92 Å². The van der Waals surface area contributed by atoms with Crippen LogP contribution in [0.1, 0.15) is 33.1 Å². The molecule has 3 atom stereocenters. The van der Waals surface area contributed by atoms with E-state index in [9.17, 15) is 13.6 Å². The number of alkyl halides is 2. The van der Waals surface area contributed by atoms with Crippen LogP contribution in [0.3, 0.4) is 0 Å². The maximum atomic E-state index is 12.0. The van der Waals surface area contributed by atoms with E-state index in [-0.39, 0.29) is 6.04 Å². The van der Waals surface area contributed by atoms with Crippen molar-refractivity contribution in [2.45, 2.75) is 45.6 Å². The molecule has 1 amide bonds. The van der Waals surface area contributed by atoms with Gasteiger partial charge in [-0.05, 0) is 18.3 Å². The number of rotatable bonds is 2. The van der Waals surface area contributed by atoms with Crippen LogP contribution in [0.15, 0.2) is 0 Å². The van der Waals surface area contributed by atoms with Crippen LogP contribution in [-0.2, 0) is 4.79 Å². The fraction of sp³-hybridized carbons (Fsp3) is 0.900. The van der Waals surface area contributed by atoms with Crippen LogP contribution < -0.4 is 5.32 Å². The third-order valence-electron chi connectivity index (χ3n) is 3.23. The normalized spacial score (nSPS) is 33.1. The Kier molecular flexibility index (Phi) is 3.84. The van der Waals surface area contributed by atoms with Crippen LogP contribution >= 0.6 is 0 Å². The molecule has 0 radical (unpaired) electrons. The number of amides is 1. The van der Waals surface area contributed by atoms with Gasteiger partial charge in [0.2, 0.25) is 0 Å². The number of carbonyl (C=O) groups is 1. The summed E-state index contributed by atoms with van der Waals surface area (Å²) in [7, 11) is 0. The van der Waals surface area contributed by atoms with Crippen molar-refractivity contribution in [3.8, 4) is 0 Å². The highest BCUT2D eigenvalue weighted by atomic mass is 19.3. The summed E-state index contributed by atoms with van der Waals surface area (Å²) >= 11 is 0. The average molecular weight is 205 g/mol. The van der Waals surface area contributed by atoms with Gasteiger partial charge in [0.15, 0.2) is 0 Å². The van der Waals surface area contributed by atoms with E-state index in [1.54, 1.807) is 0 Å². The summed E-state index contributed by atoms with van der Waals surface area (Å²) in [6.45, 7) is 4.12. The zero-order valence-corrected chi connectivity index (χ0v) is 8.59. The molecular formula is C10H17F2NO. The first-order valence-corrected chi connectivity index (χ1v) is 5.11. The molecule has 0 spiro atoms. The van der Waals surface area contributed by atoms with Crippen molar-refractivity contribution in [2.24, 2.45) is 11.8 Å². The highest BCUT2D eigenvalue weighted by molar-refractivity contribution is 5.79. The van der Waals surface area contributed by atoms with Crippen LogP contribution in [0, 0.1) is 11.8 Å².